The van der Waals surface area contributed by atoms with Crippen molar-refractivity contribution >= 4 is 34.8 Å². The number of nitrogens with zero attached hydrogens (tertiary/aromatic N) is 2. The number of rotatable bonds is 3. The van der Waals surface area contributed by atoms with E-state index in [1.807, 2.05) is 0 Å². The molecule has 8 heteroatoms. The van der Waals surface area contributed by atoms with Crippen LogP contribution >= 0.6 is 34.8 Å². The highest BCUT2D eigenvalue weighted by Gasteiger charge is 2.38. The molecule has 0 spiro atoms. The Morgan fingerprint density at radius 3 is 2.30 bits per heavy atom. The molecule has 0 aliphatic rings. The Morgan fingerprint density at radius 1 is 1.15 bits per heavy atom. The van der Waals surface area contributed by atoms with E-state index in [1.165, 1.54) is 0 Å². The smallest absolute Gasteiger partial charge is 0.249 e. The number of benzene rings is 1. The standard InChI is InChI=1S/C12H8Cl3F3N2/c13-5-8-10(12(16,17)18)19-20(11(8)15)6-7-3-1-2-4-9(7)14/h1-4H,5-6H2. The molecule has 0 unspecified atom stereocenters. The Labute approximate surface area is 128 Å². The van der Waals surface area contributed by atoms with Crippen molar-refractivity contribution in [2.75, 3.05) is 0 Å². The Kier molecular flexibility index (Phi) is 4.52. The second kappa shape index (κ2) is 5.84. The lowest BCUT2D eigenvalue weighted by atomic mass is 10.2. The van der Waals surface area contributed by atoms with Crippen LogP contribution in [-0.2, 0) is 18.6 Å². The molecule has 0 aliphatic carbocycles. The van der Waals surface area contributed by atoms with Gasteiger partial charge in [0, 0.05) is 10.6 Å². The summed E-state index contributed by atoms with van der Waals surface area (Å²) in [6, 6.07) is 6.78. The predicted molar refractivity (Wildman–Crippen MR) is 72.4 cm³/mol. The van der Waals surface area contributed by atoms with E-state index in [2.05, 4.69) is 5.10 Å². The minimum atomic E-state index is -4.60. The largest absolute Gasteiger partial charge is 0.435 e. The number of hydrogen-bond donors (Lipinski definition) is 0. The van der Waals surface area contributed by atoms with Crippen molar-refractivity contribution < 1.29 is 13.2 Å². The van der Waals surface area contributed by atoms with Crippen LogP contribution in [0.25, 0.3) is 0 Å². The normalized spacial score (nSPS) is 11.9. The van der Waals surface area contributed by atoms with Gasteiger partial charge < -0.3 is 0 Å². The molecule has 0 N–H and O–H groups in total. The van der Waals surface area contributed by atoms with Crippen molar-refractivity contribution in [2.45, 2.75) is 18.6 Å². The Hall–Kier alpha value is -0.910. The third-order valence-corrected chi connectivity index (χ3v) is 3.72. The van der Waals surface area contributed by atoms with E-state index in [0.717, 1.165) is 4.68 Å². The third-order valence-electron chi connectivity index (χ3n) is 2.66. The van der Waals surface area contributed by atoms with Gasteiger partial charge in [-0.2, -0.15) is 18.3 Å². The summed E-state index contributed by atoms with van der Waals surface area (Å²) in [5, 5.41) is 3.80. The minimum Gasteiger partial charge on any atom is -0.249 e. The molecule has 108 valence electrons. The number of aromatic nitrogens is 2. The first kappa shape index (κ1) is 15.5. The van der Waals surface area contributed by atoms with Crippen molar-refractivity contribution in [3.63, 3.8) is 0 Å². The summed E-state index contributed by atoms with van der Waals surface area (Å²) in [6.07, 6.45) is -4.60. The molecule has 1 heterocycles. The van der Waals surface area contributed by atoms with Crippen LogP contribution < -0.4 is 0 Å². The summed E-state index contributed by atoms with van der Waals surface area (Å²) in [5.41, 5.74) is -0.675. The fourth-order valence-corrected chi connectivity index (χ4v) is 2.49. The molecule has 2 rings (SSSR count). The van der Waals surface area contributed by atoms with Crippen molar-refractivity contribution in [1.29, 1.82) is 0 Å². The van der Waals surface area contributed by atoms with Crippen LogP contribution in [-0.4, -0.2) is 9.78 Å². The van der Waals surface area contributed by atoms with Crippen LogP contribution in [0.2, 0.25) is 10.2 Å². The maximum absolute atomic E-state index is 12.8. The highest BCUT2D eigenvalue weighted by atomic mass is 35.5. The first-order valence-electron chi connectivity index (χ1n) is 5.46. The zero-order chi connectivity index (χ0) is 14.9. The van der Waals surface area contributed by atoms with Gasteiger partial charge in [-0.05, 0) is 11.6 Å². The summed E-state index contributed by atoms with van der Waals surface area (Å²) >= 11 is 17.4. The number of halogens is 6. The van der Waals surface area contributed by atoms with Gasteiger partial charge in [-0.15, -0.1) is 11.6 Å². The summed E-state index contributed by atoms with van der Waals surface area (Å²) in [5.74, 6) is -0.365. The molecular weight excluding hydrogens is 335 g/mol. The van der Waals surface area contributed by atoms with Gasteiger partial charge in [-0.3, -0.25) is 0 Å². The highest BCUT2D eigenvalue weighted by Crippen LogP contribution is 2.35. The topological polar surface area (TPSA) is 17.8 Å². The zero-order valence-corrected chi connectivity index (χ0v) is 12.2. The maximum atomic E-state index is 12.8. The van der Waals surface area contributed by atoms with Crippen molar-refractivity contribution in [1.82, 2.24) is 9.78 Å². The molecule has 0 saturated carbocycles. The summed E-state index contributed by atoms with van der Waals surface area (Å²) in [7, 11) is 0. The lowest BCUT2D eigenvalue weighted by molar-refractivity contribution is -0.142. The number of alkyl halides is 4. The average molecular weight is 344 g/mol. The van der Waals surface area contributed by atoms with Gasteiger partial charge in [0.25, 0.3) is 0 Å². The molecule has 0 radical (unpaired) electrons. The van der Waals surface area contributed by atoms with E-state index in [4.69, 9.17) is 34.8 Å². The molecule has 2 aromatic rings. The molecule has 0 atom stereocenters. The zero-order valence-electron chi connectivity index (χ0n) is 9.89. The molecule has 20 heavy (non-hydrogen) atoms. The van der Waals surface area contributed by atoms with Crippen LogP contribution in [0, 0.1) is 0 Å². The minimum absolute atomic E-state index is 0.0402. The quantitative estimate of drug-likeness (QED) is 0.717. The van der Waals surface area contributed by atoms with Crippen LogP contribution in [0.5, 0.6) is 0 Å². The summed E-state index contributed by atoms with van der Waals surface area (Å²) in [6.45, 7) is 0.0402. The van der Waals surface area contributed by atoms with Crippen molar-refractivity contribution in [2.24, 2.45) is 0 Å². The van der Waals surface area contributed by atoms with Crippen LogP contribution in [0.4, 0.5) is 13.2 Å². The molecular formula is C12H8Cl3F3N2. The van der Waals surface area contributed by atoms with E-state index in [1.54, 1.807) is 24.3 Å². The van der Waals surface area contributed by atoms with Crippen LogP contribution in [0.1, 0.15) is 16.8 Å². The van der Waals surface area contributed by atoms with Crippen LogP contribution in [0.3, 0.4) is 0 Å². The van der Waals surface area contributed by atoms with E-state index in [9.17, 15) is 13.2 Å². The van der Waals surface area contributed by atoms with Crippen molar-refractivity contribution in [3.05, 3.63) is 51.3 Å². The molecule has 0 saturated heterocycles. The van der Waals surface area contributed by atoms with E-state index in [0.29, 0.717) is 10.6 Å². The maximum Gasteiger partial charge on any atom is 0.435 e. The van der Waals surface area contributed by atoms with Crippen LogP contribution in [0.15, 0.2) is 24.3 Å². The number of hydrogen-bond acceptors (Lipinski definition) is 1. The van der Waals surface area contributed by atoms with Gasteiger partial charge >= 0.3 is 6.18 Å². The fraction of sp³-hybridized carbons (Fsp3) is 0.250. The fourth-order valence-electron chi connectivity index (χ4n) is 1.72. The lowest BCUT2D eigenvalue weighted by Gasteiger charge is -2.05. The van der Waals surface area contributed by atoms with E-state index < -0.39 is 11.9 Å². The highest BCUT2D eigenvalue weighted by molar-refractivity contribution is 6.32. The first-order chi connectivity index (χ1) is 9.34. The first-order valence-corrected chi connectivity index (χ1v) is 6.75. The lowest BCUT2D eigenvalue weighted by Crippen LogP contribution is -2.10. The average Bonchev–Trinajstić information content (AvgIpc) is 2.69. The van der Waals surface area contributed by atoms with E-state index in [-0.39, 0.29) is 23.1 Å². The molecule has 2 nitrogen and oxygen atoms in total. The SMILES string of the molecule is FC(F)(F)c1nn(Cc2ccccc2Cl)c(Cl)c1CCl. The molecule has 1 aromatic carbocycles. The van der Waals surface area contributed by atoms with Gasteiger partial charge in [0.05, 0.1) is 12.4 Å². The second-order valence-electron chi connectivity index (χ2n) is 4.00. The molecule has 0 fully saturated rings. The van der Waals surface area contributed by atoms with Gasteiger partial charge in [-0.1, -0.05) is 41.4 Å². The van der Waals surface area contributed by atoms with Gasteiger partial charge in [-0.25, -0.2) is 4.68 Å². The predicted octanol–water partition coefficient (Wildman–Crippen LogP) is 5.00. The Bertz CT molecular complexity index is 623. The molecule has 1 aromatic heterocycles. The van der Waals surface area contributed by atoms with Gasteiger partial charge in [0.15, 0.2) is 5.69 Å². The van der Waals surface area contributed by atoms with Crippen molar-refractivity contribution in [3.8, 4) is 0 Å². The van der Waals surface area contributed by atoms with Gasteiger partial charge in [0.1, 0.15) is 5.15 Å². The monoisotopic (exact) mass is 342 g/mol. The van der Waals surface area contributed by atoms with Gasteiger partial charge in [0.2, 0.25) is 0 Å². The molecule has 0 aliphatic heterocycles. The Balaban J connectivity index is 2.44. The molecule has 0 bridgehead atoms. The third kappa shape index (κ3) is 3.05. The summed E-state index contributed by atoms with van der Waals surface area (Å²) in [4.78, 5) is 0. The molecule has 0 amide bonds. The van der Waals surface area contributed by atoms with E-state index >= 15 is 0 Å². The second-order valence-corrected chi connectivity index (χ2v) is 5.03. The summed E-state index contributed by atoms with van der Waals surface area (Å²) < 4.78 is 39.5. The Morgan fingerprint density at radius 2 is 1.80 bits per heavy atom.